The summed E-state index contributed by atoms with van der Waals surface area (Å²) in [6, 6.07) is 6.98. The molecule has 1 aromatic carbocycles. The van der Waals surface area contributed by atoms with E-state index in [1.807, 2.05) is 0 Å². The van der Waals surface area contributed by atoms with Gasteiger partial charge in [0.2, 0.25) is 5.82 Å². The van der Waals surface area contributed by atoms with E-state index in [9.17, 15) is 9.59 Å². The van der Waals surface area contributed by atoms with E-state index in [0.717, 1.165) is 5.56 Å². The third-order valence-electron chi connectivity index (χ3n) is 3.68. The van der Waals surface area contributed by atoms with E-state index in [1.54, 1.807) is 36.3 Å². The molecule has 0 unspecified atom stereocenters. The van der Waals surface area contributed by atoms with Gasteiger partial charge in [0.25, 0.3) is 11.8 Å². The minimum atomic E-state index is -0.708. The number of methoxy groups -OCH3 is 1. The molecule has 117 valence electrons. The third kappa shape index (κ3) is 2.98. The molecular weight excluding hydrogens is 296 g/mol. The van der Waals surface area contributed by atoms with Crippen LogP contribution in [-0.2, 0) is 13.0 Å². The molecule has 0 atom stereocenters. The summed E-state index contributed by atoms with van der Waals surface area (Å²) < 4.78 is 5.14. The molecule has 7 nitrogen and oxygen atoms in total. The predicted molar refractivity (Wildman–Crippen MR) is 80.8 cm³/mol. The Hall–Kier alpha value is -2.96. The Morgan fingerprint density at radius 1 is 1.39 bits per heavy atom. The number of nitrogens with two attached hydrogens (primary N) is 1. The monoisotopic (exact) mass is 311 g/mol. The molecule has 0 spiro atoms. The maximum absolute atomic E-state index is 12.6. The molecule has 23 heavy (non-hydrogen) atoms. The van der Waals surface area contributed by atoms with Crippen LogP contribution in [-0.4, -0.2) is 40.3 Å². The first-order valence-corrected chi connectivity index (χ1v) is 7.09. The molecule has 0 saturated heterocycles. The number of aromatic nitrogens is 2. The lowest BCUT2D eigenvalue weighted by Gasteiger charge is -2.28. The highest BCUT2D eigenvalue weighted by molar-refractivity contribution is 5.94. The minimum absolute atomic E-state index is 0.0839. The SMILES string of the molecule is COc1cccc(C(=O)N2CCc3[c]nc(C(N)=O)nc3C2)c1. The van der Waals surface area contributed by atoms with Crippen LogP contribution >= 0.6 is 0 Å². The van der Waals surface area contributed by atoms with Crippen molar-refractivity contribution in [3.8, 4) is 5.75 Å². The van der Waals surface area contributed by atoms with Gasteiger partial charge in [0, 0.05) is 17.7 Å². The van der Waals surface area contributed by atoms with Crippen molar-refractivity contribution < 1.29 is 14.3 Å². The Morgan fingerprint density at radius 2 is 2.22 bits per heavy atom. The summed E-state index contributed by atoms with van der Waals surface area (Å²) in [5.74, 6) is -0.284. The lowest BCUT2D eigenvalue weighted by atomic mass is 10.1. The molecule has 0 fully saturated rings. The Balaban J connectivity index is 1.84. The van der Waals surface area contributed by atoms with E-state index in [4.69, 9.17) is 10.5 Å². The van der Waals surface area contributed by atoms with E-state index in [0.29, 0.717) is 36.5 Å². The van der Waals surface area contributed by atoms with Crippen LogP contribution in [0.5, 0.6) is 5.75 Å². The number of nitrogens with zero attached hydrogens (tertiary/aromatic N) is 3. The van der Waals surface area contributed by atoms with Crippen molar-refractivity contribution >= 4 is 11.8 Å². The number of rotatable bonds is 3. The third-order valence-corrected chi connectivity index (χ3v) is 3.68. The van der Waals surface area contributed by atoms with Gasteiger partial charge in [-0.3, -0.25) is 9.59 Å². The summed E-state index contributed by atoms with van der Waals surface area (Å²) in [5.41, 5.74) is 7.15. The highest BCUT2D eigenvalue weighted by Gasteiger charge is 2.24. The summed E-state index contributed by atoms with van der Waals surface area (Å²) in [5, 5.41) is 0. The van der Waals surface area contributed by atoms with Crippen molar-refractivity contribution in [2.24, 2.45) is 5.73 Å². The lowest BCUT2D eigenvalue weighted by molar-refractivity contribution is 0.0731. The molecule has 2 amide bonds. The van der Waals surface area contributed by atoms with Gasteiger partial charge >= 0.3 is 0 Å². The van der Waals surface area contributed by atoms with E-state index in [1.165, 1.54) is 0 Å². The second-order valence-corrected chi connectivity index (χ2v) is 5.16. The zero-order chi connectivity index (χ0) is 16.4. The summed E-state index contributed by atoms with van der Waals surface area (Å²) >= 11 is 0. The molecule has 1 aromatic heterocycles. The number of hydrogen-bond donors (Lipinski definition) is 1. The molecule has 0 aliphatic carbocycles. The standard InChI is InChI=1S/C16H15N4O3/c1-23-12-4-2-3-10(7-12)16(22)20-6-5-11-8-18-15(14(17)21)19-13(11)9-20/h2-4,7H,5-6,9H2,1H3,(H2,17,21). The van der Waals surface area contributed by atoms with Crippen molar-refractivity contribution in [2.45, 2.75) is 13.0 Å². The van der Waals surface area contributed by atoms with Crippen LogP contribution < -0.4 is 10.5 Å². The van der Waals surface area contributed by atoms with Gasteiger partial charge in [0.1, 0.15) is 5.75 Å². The molecule has 3 rings (SSSR count). The largest absolute Gasteiger partial charge is 0.497 e. The van der Waals surface area contributed by atoms with Gasteiger partial charge in [-0.2, -0.15) is 0 Å². The number of hydrogen-bond acceptors (Lipinski definition) is 5. The van der Waals surface area contributed by atoms with Crippen LogP contribution in [0.15, 0.2) is 24.3 Å². The fourth-order valence-corrected chi connectivity index (χ4v) is 2.47. The number of carbonyl (C=O) groups is 2. The number of carbonyl (C=O) groups excluding carboxylic acids is 2. The minimum Gasteiger partial charge on any atom is -0.497 e. The van der Waals surface area contributed by atoms with Crippen LogP contribution in [0.1, 0.15) is 32.2 Å². The molecule has 0 bridgehead atoms. The van der Waals surface area contributed by atoms with E-state index in [2.05, 4.69) is 16.2 Å². The first-order chi connectivity index (χ1) is 11.1. The van der Waals surface area contributed by atoms with Gasteiger partial charge in [0.15, 0.2) is 0 Å². The summed E-state index contributed by atoms with van der Waals surface area (Å²) in [6.07, 6.45) is 3.37. The van der Waals surface area contributed by atoms with Crippen LogP contribution in [0.25, 0.3) is 0 Å². The molecule has 1 aliphatic rings. The zero-order valence-electron chi connectivity index (χ0n) is 12.6. The number of primary amides is 1. The van der Waals surface area contributed by atoms with Crippen molar-refractivity contribution in [3.63, 3.8) is 0 Å². The van der Waals surface area contributed by atoms with Crippen molar-refractivity contribution in [3.05, 3.63) is 53.1 Å². The Bertz CT molecular complexity index is 776. The maximum atomic E-state index is 12.6. The summed E-state index contributed by atoms with van der Waals surface area (Å²) in [4.78, 5) is 33.4. The van der Waals surface area contributed by atoms with Gasteiger partial charge in [-0.1, -0.05) is 6.07 Å². The van der Waals surface area contributed by atoms with Crippen molar-refractivity contribution in [2.75, 3.05) is 13.7 Å². The van der Waals surface area contributed by atoms with Crippen molar-refractivity contribution in [1.82, 2.24) is 14.9 Å². The average molecular weight is 311 g/mol. The predicted octanol–water partition coefficient (Wildman–Crippen LogP) is 0.583. The molecule has 0 saturated carbocycles. The summed E-state index contributed by atoms with van der Waals surface area (Å²) in [7, 11) is 1.55. The van der Waals surface area contributed by atoms with Crippen LogP contribution in [0.2, 0.25) is 0 Å². The lowest BCUT2D eigenvalue weighted by Crippen LogP contribution is -2.37. The molecule has 1 aliphatic heterocycles. The van der Waals surface area contributed by atoms with Gasteiger partial charge in [-0.05, 0) is 24.6 Å². The summed E-state index contributed by atoms with van der Waals surface area (Å²) in [6.45, 7) is 0.837. The van der Waals surface area contributed by atoms with E-state index in [-0.39, 0.29) is 11.7 Å². The van der Waals surface area contributed by atoms with E-state index >= 15 is 0 Å². The quantitative estimate of drug-likeness (QED) is 0.894. The first-order valence-electron chi connectivity index (χ1n) is 7.09. The molecule has 2 N–H and O–H groups in total. The van der Waals surface area contributed by atoms with Crippen molar-refractivity contribution in [1.29, 1.82) is 0 Å². The average Bonchev–Trinajstić information content (AvgIpc) is 2.60. The number of benzene rings is 1. The zero-order valence-corrected chi connectivity index (χ0v) is 12.6. The van der Waals surface area contributed by atoms with Gasteiger partial charge in [-0.25, -0.2) is 9.97 Å². The van der Waals surface area contributed by atoms with Gasteiger partial charge in [-0.15, -0.1) is 0 Å². The molecule has 2 heterocycles. The normalized spacial score (nSPS) is 13.3. The van der Waals surface area contributed by atoms with Crippen LogP contribution in [0.4, 0.5) is 0 Å². The Kier molecular flexibility index (Phi) is 3.92. The first kappa shape index (κ1) is 15.0. The second kappa shape index (κ2) is 6.04. The van der Waals surface area contributed by atoms with E-state index < -0.39 is 5.91 Å². The Morgan fingerprint density at radius 3 is 2.96 bits per heavy atom. The maximum Gasteiger partial charge on any atom is 0.286 e. The topological polar surface area (TPSA) is 98.4 Å². The highest BCUT2D eigenvalue weighted by Crippen LogP contribution is 2.20. The fourth-order valence-electron chi connectivity index (χ4n) is 2.47. The molecule has 2 aromatic rings. The second-order valence-electron chi connectivity index (χ2n) is 5.16. The van der Waals surface area contributed by atoms with Gasteiger partial charge in [0.05, 0.1) is 25.5 Å². The highest BCUT2D eigenvalue weighted by atomic mass is 16.5. The number of fused-ring (bicyclic) bond motifs is 1. The fraction of sp³-hybridized carbons (Fsp3) is 0.250. The van der Waals surface area contributed by atoms with Gasteiger partial charge < -0.3 is 15.4 Å². The Labute approximate surface area is 133 Å². The molecule has 1 radical (unpaired) electrons. The number of ether oxygens (including phenoxy) is 1. The molecular formula is C16H15N4O3. The smallest absolute Gasteiger partial charge is 0.286 e. The number of amides is 2. The van der Waals surface area contributed by atoms with Crippen LogP contribution in [0.3, 0.4) is 0 Å². The van der Waals surface area contributed by atoms with Crippen LogP contribution in [0, 0.1) is 6.20 Å². The molecule has 7 heteroatoms.